The molecule has 0 heterocycles. The van der Waals surface area contributed by atoms with Gasteiger partial charge in [0.05, 0.1) is 12.2 Å². The molecule has 0 unspecified atom stereocenters. The third kappa shape index (κ3) is 9.75. The molecule has 0 bridgehead atoms. The van der Waals surface area contributed by atoms with Crippen LogP contribution in [0.25, 0.3) is 0 Å². The summed E-state index contributed by atoms with van der Waals surface area (Å²) in [6.45, 7) is 5.90. The lowest BCUT2D eigenvalue weighted by Gasteiger charge is -2.01. The highest BCUT2D eigenvalue weighted by atomic mass is 16.5. The Hall–Kier alpha value is -0.790. The van der Waals surface area contributed by atoms with E-state index in [9.17, 15) is 4.79 Å². The third-order valence-corrected chi connectivity index (χ3v) is 2.48. The molecule has 16 heavy (non-hydrogen) atoms. The predicted molar refractivity (Wildman–Crippen MR) is 68.1 cm³/mol. The molecule has 0 atom stereocenters. The number of ether oxygens (including phenoxy) is 1. The summed E-state index contributed by atoms with van der Waals surface area (Å²) >= 11 is 0. The van der Waals surface area contributed by atoms with E-state index in [1.54, 1.807) is 0 Å². The number of allylic oxidation sites excluding steroid dienone is 1. The van der Waals surface area contributed by atoms with Crippen molar-refractivity contribution < 1.29 is 9.53 Å². The monoisotopic (exact) mass is 226 g/mol. The van der Waals surface area contributed by atoms with Gasteiger partial charge in [0.2, 0.25) is 0 Å². The maximum absolute atomic E-state index is 11.1. The van der Waals surface area contributed by atoms with Crippen LogP contribution in [0.3, 0.4) is 0 Å². The Kier molecular flexibility index (Phi) is 10.2. The Balaban J connectivity index is 3.25. The number of carbonyl (C=O) groups is 1. The van der Waals surface area contributed by atoms with E-state index >= 15 is 0 Å². The van der Waals surface area contributed by atoms with Gasteiger partial charge in [0, 0.05) is 0 Å². The zero-order chi connectivity index (χ0) is 12.2. The number of esters is 1. The summed E-state index contributed by atoms with van der Waals surface area (Å²) in [5.41, 5.74) is 0. The summed E-state index contributed by atoms with van der Waals surface area (Å²) in [5.74, 6) is -0.196. The molecular formula is C14H26O2. The molecule has 94 valence electrons. The largest absolute Gasteiger partial charge is 0.435 e. The molecule has 0 saturated heterocycles. The van der Waals surface area contributed by atoms with E-state index in [0.717, 1.165) is 6.42 Å². The molecule has 0 aromatic carbocycles. The highest BCUT2D eigenvalue weighted by molar-refractivity contribution is 5.72. The van der Waals surface area contributed by atoms with Crippen LogP contribution in [0, 0.1) is 5.92 Å². The van der Waals surface area contributed by atoms with Gasteiger partial charge in [-0.25, -0.2) is 0 Å². The lowest BCUT2D eigenvalue weighted by atomic mass is 10.1. The molecule has 0 amide bonds. The van der Waals surface area contributed by atoms with Crippen LogP contribution >= 0.6 is 0 Å². The van der Waals surface area contributed by atoms with Crippen molar-refractivity contribution in [2.75, 3.05) is 0 Å². The van der Waals surface area contributed by atoms with E-state index < -0.39 is 0 Å². The average molecular weight is 226 g/mol. The number of unbranched alkanes of at least 4 members (excludes halogenated alkanes) is 6. The molecule has 0 fully saturated rings. The summed E-state index contributed by atoms with van der Waals surface area (Å²) in [5, 5.41) is 0. The molecule has 0 aliphatic heterocycles. The molecule has 0 saturated carbocycles. The Labute approximate surface area is 100 Å². The van der Waals surface area contributed by atoms with Crippen molar-refractivity contribution in [3.05, 3.63) is 12.3 Å². The fourth-order valence-corrected chi connectivity index (χ4v) is 1.36. The molecular weight excluding hydrogens is 200 g/mol. The molecule has 0 aliphatic carbocycles. The first-order valence-corrected chi connectivity index (χ1v) is 6.54. The number of hydrogen-bond donors (Lipinski definition) is 0. The minimum absolute atomic E-state index is 0.0429. The molecule has 0 radical (unpaired) electrons. The lowest BCUT2D eigenvalue weighted by Crippen LogP contribution is -2.07. The van der Waals surface area contributed by atoms with E-state index in [-0.39, 0.29) is 11.9 Å². The molecule has 0 spiro atoms. The van der Waals surface area contributed by atoms with E-state index in [4.69, 9.17) is 4.74 Å². The van der Waals surface area contributed by atoms with E-state index in [1.165, 1.54) is 44.8 Å². The second-order valence-electron chi connectivity index (χ2n) is 4.52. The summed E-state index contributed by atoms with van der Waals surface area (Å²) in [6, 6.07) is 0. The first-order valence-electron chi connectivity index (χ1n) is 6.54. The molecule has 0 aliphatic rings. The van der Waals surface area contributed by atoms with Crippen molar-refractivity contribution in [3.63, 3.8) is 0 Å². The fourth-order valence-electron chi connectivity index (χ4n) is 1.36. The van der Waals surface area contributed by atoms with Crippen LogP contribution in [-0.4, -0.2) is 5.97 Å². The minimum atomic E-state index is -0.154. The van der Waals surface area contributed by atoms with Crippen molar-refractivity contribution in [1.82, 2.24) is 0 Å². The SMILES string of the molecule is CCCCCCCCC=COC(=O)C(C)C. The fraction of sp³-hybridized carbons (Fsp3) is 0.786. The van der Waals surface area contributed by atoms with Crippen LogP contribution in [0.1, 0.15) is 65.7 Å². The number of rotatable bonds is 9. The van der Waals surface area contributed by atoms with Gasteiger partial charge in [0.1, 0.15) is 0 Å². The van der Waals surface area contributed by atoms with Crippen LogP contribution in [0.2, 0.25) is 0 Å². The second-order valence-corrected chi connectivity index (χ2v) is 4.52. The van der Waals surface area contributed by atoms with Gasteiger partial charge in [-0.2, -0.15) is 0 Å². The van der Waals surface area contributed by atoms with Gasteiger partial charge in [0.25, 0.3) is 0 Å². The Morgan fingerprint density at radius 3 is 2.38 bits per heavy atom. The van der Waals surface area contributed by atoms with Gasteiger partial charge in [-0.3, -0.25) is 4.79 Å². The van der Waals surface area contributed by atoms with Crippen molar-refractivity contribution in [3.8, 4) is 0 Å². The van der Waals surface area contributed by atoms with E-state index in [2.05, 4.69) is 6.92 Å². The van der Waals surface area contributed by atoms with Crippen LogP contribution in [0.4, 0.5) is 0 Å². The highest BCUT2D eigenvalue weighted by Crippen LogP contribution is 2.07. The molecule has 0 aromatic heterocycles. The predicted octanol–water partition coefficient (Wildman–Crippen LogP) is 4.45. The van der Waals surface area contributed by atoms with Crippen LogP contribution in [-0.2, 0) is 9.53 Å². The first-order chi connectivity index (χ1) is 7.68. The Morgan fingerprint density at radius 1 is 1.12 bits per heavy atom. The maximum atomic E-state index is 11.1. The summed E-state index contributed by atoms with van der Waals surface area (Å²) in [6.07, 6.45) is 12.3. The van der Waals surface area contributed by atoms with Gasteiger partial charge in [-0.1, -0.05) is 52.9 Å². The third-order valence-electron chi connectivity index (χ3n) is 2.48. The average Bonchev–Trinajstić information content (AvgIpc) is 2.26. The van der Waals surface area contributed by atoms with E-state index in [0.29, 0.717) is 0 Å². The van der Waals surface area contributed by atoms with Gasteiger partial charge in [-0.05, 0) is 18.9 Å². The number of carbonyl (C=O) groups excluding carboxylic acids is 1. The van der Waals surface area contributed by atoms with Crippen molar-refractivity contribution in [2.24, 2.45) is 5.92 Å². The molecule has 0 aromatic rings. The topological polar surface area (TPSA) is 26.3 Å². The van der Waals surface area contributed by atoms with Crippen molar-refractivity contribution in [1.29, 1.82) is 0 Å². The molecule has 0 N–H and O–H groups in total. The minimum Gasteiger partial charge on any atom is -0.435 e. The molecule has 2 heteroatoms. The van der Waals surface area contributed by atoms with Crippen molar-refractivity contribution >= 4 is 5.97 Å². The van der Waals surface area contributed by atoms with Gasteiger partial charge >= 0.3 is 5.97 Å². The van der Waals surface area contributed by atoms with Gasteiger partial charge in [-0.15, -0.1) is 0 Å². The highest BCUT2D eigenvalue weighted by Gasteiger charge is 2.05. The van der Waals surface area contributed by atoms with Crippen LogP contribution in [0.5, 0.6) is 0 Å². The molecule has 0 rings (SSSR count). The second kappa shape index (κ2) is 10.7. The normalized spacial score (nSPS) is 11.2. The van der Waals surface area contributed by atoms with Crippen LogP contribution in [0.15, 0.2) is 12.3 Å². The van der Waals surface area contributed by atoms with Crippen LogP contribution < -0.4 is 0 Å². The van der Waals surface area contributed by atoms with Gasteiger partial charge < -0.3 is 4.74 Å². The summed E-state index contributed by atoms with van der Waals surface area (Å²) < 4.78 is 4.93. The van der Waals surface area contributed by atoms with E-state index in [1.807, 2.05) is 19.9 Å². The summed E-state index contributed by atoms with van der Waals surface area (Å²) in [7, 11) is 0. The lowest BCUT2D eigenvalue weighted by molar-refractivity contribution is -0.141. The zero-order valence-corrected chi connectivity index (χ0v) is 11.0. The standard InChI is InChI=1S/C14H26O2/c1-4-5-6-7-8-9-10-11-12-16-14(15)13(2)3/h11-13H,4-10H2,1-3H3. The zero-order valence-electron chi connectivity index (χ0n) is 11.0. The Morgan fingerprint density at radius 2 is 1.75 bits per heavy atom. The number of hydrogen-bond acceptors (Lipinski definition) is 2. The first kappa shape index (κ1) is 15.2. The smallest absolute Gasteiger partial charge is 0.313 e. The molecule has 2 nitrogen and oxygen atoms in total. The Bertz CT molecular complexity index is 195. The maximum Gasteiger partial charge on any atom is 0.313 e. The van der Waals surface area contributed by atoms with Crippen molar-refractivity contribution in [2.45, 2.75) is 65.7 Å². The van der Waals surface area contributed by atoms with Gasteiger partial charge in [0.15, 0.2) is 0 Å². The quantitative estimate of drug-likeness (QED) is 0.330. The summed E-state index contributed by atoms with van der Waals surface area (Å²) in [4.78, 5) is 11.1.